The van der Waals surface area contributed by atoms with Gasteiger partial charge < -0.3 is 0 Å². The Balaban J connectivity index is 1.80. The van der Waals surface area contributed by atoms with Gasteiger partial charge in [0.2, 0.25) is 0 Å². The second-order valence-electron chi connectivity index (χ2n) is 5.39. The van der Waals surface area contributed by atoms with Gasteiger partial charge in [-0.15, -0.1) is 46.6 Å². The van der Waals surface area contributed by atoms with Gasteiger partial charge in [0, 0.05) is 34.2 Å². The van der Waals surface area contributed by atoms with E-state index in [4.69, 9.17) is 0 Å². The van der Waals surface area contributed by atoms with Gasteiger partial charge >= 0.3 is 0 Å². The lowest BCUT2D eigenvalue weighted by molar-refractivity contribution is 1.64. The maximum atomic E-state index is 4.68. The third kappa shape index (κ3) is 4.07. The Morgan fingerprint density at radius 3 is 2.04 bits per heavy atom. The van der Waals surface area contributed by atoms with Crippen LogP contribution in [0.15, 0.2) is 48.6 Å². The topological polar surface area (TPSA) is 0 Å². The molecule has 0 amide bonds. The maximum Gasteiger partial charge on any atom is 0.0449 e. The monoisotopic (exact) mass is 374 g/mol. The summed E-state index contributed by atoms with van der Waals surface area (Å²) in [7, 11) is 0. The molecule has 0 aliphatic heterocycles. The maximum absolute atomic E-state index is 4.68. The van der Waals surface area contributed by atoms with Gasteiger partial charge in [-0.2, -0.15) is 0 Å². The highest BCUT2D eigenvalue weighted by atomic mass is 32.1. The van der Waals surface area contributed by atoms with Crippen molar-refractivity contribution in [2.45, 2.75) is 20.8 Å². The average Bonchev–Trinajstić information content (AvgIpc) is 3.24. The molecule has 0 aromatic carbocycles. The summed E-state index contributed by atoms with van der Waals surface area (Å²) in [5, 5.41) is 0. The first-order valence-electron chi connectivity index (χ1n) is 7.34. The fourth-order valence-electron chi connectivity index (χ4n) is 2.19. The second kappa shape index (κ2) is 7.22. The zero-order valence-corrected chi connectivity index (χ0v) is 16.6. The van der Waals surface area contributed by atoms with Gasteiger partial charge in [0.05, 0.1) is 0 Å². The minimum atomic E-state index is 1.02. The van der Waals surface area contributed by atoms with Gasteiger partial charge in [0.1, 0.15) is 0 Å². The van der Waals surface area contributed by atoms with E-state index in [2.05, 4.69) is 82.0 Å². The summed E-state index contributed by atoms with van der Waals surface area (Å²) in [6.07, 6.45) is 4.26. The molecule has 0 fully saturated rings. The number of thiophene rings is 3. The van der Waals surface area contributed by atoms with Crippen LogP contribution in [0.2, 0.25) is 0 Å². The van der Waals surface area contributed by atoms with Gasteiger partial charge in [0.25, 0.3) is 0 Å². The number of allylic oxidation sites excluding steroid dienone is 3. The van der Waals surface area contributed by atoms with Crippen molar-refractivity contribution < 1.29 is 0 Å². The number of rotatable bonds is 4. The van der Waals surface area contributed by atoms with Crippen LogP contribution < -0.4 is 0 Å². The van der Waals surface area contributed by atoms with Crippen LogP contribution in [0.4, 0.5) is 0 Å². The van der Waals surface area contributed by atoms with Crippen LogP contribution in [-0.4, -0.2) is 0 Å². The number of hydrogen-bond acceptors (Lipinski definition) is 4. The molecule has 0 saturated heterocycles. The summed E-state index contributed by atoms with van der Waals surface area (Å²) in [5.74, 6) is 0. The molecule has 0 N–H and O–H groups in total. The standard InChI is InChI=1S/C19H18S4/c1-12(16-8-5-13(2)21-16)4-7-15(20)17-10-11-19(23-17)18-9-6-14(3)22-18/h4-11,20H,1-3H3/b12-4+,15-7-. The van der Waals surface area contributed by atoms with Crippen LogP contribution in [0.1, 0.15) is 26.4 Å². The molecule has 3 aromatic rings. The smallest absolute Gasteiger partial charge is 0.0449 e. The summed E-state index contributed by atoms with van der Waals surface area (Å²) >= 11 is 10.1. The normalized spacial score (nSPS) is 12.9. The highest BCUT2D eigenvalue weighted by Gasteiger charge is 2.06. The van der Waals surface area contributed by atoms with Gasteiger partial charge in [0.15, 0.2) is 0 Å². The number of hydrogen-bond donors (Lipinski definition) is 1. The van der Waals surface area contributed by atoms with Crippen LogP contribution in [0.3, 0.4) is 0 Å². The molecular formula is C19H18S4. The summed E-state index contributed by atoms with van der Waals surface area (Å²) in [5.41, 5.74) is 1.28. The van der Waals surface area contributed by atoms with Gasteiger partial charge in [-0.1, -0.05) is 6.08 Å². The van der Waals surface area contributed by atoms with E-state index >= 15 is 0 Å². The molecule has 23 heavy (non-hydrogen) atoms. The molecule has 0 aliphatic rings. The lowest BCUT2D eigenvalue weighted by atomic mass is 10.2. The van der Waals surface area contributed by atoms with Crippen LogP contribution in [0, 0.1) is 13.8 Å². The lowest BCUT2D eigenvalue weighted by Gasteiger charge is -1.96. The molecule has 0 atom stereocenters. The Hall–Kier alpha value is -1.07. The zero-order valence-electron chi connectivity index (χ0n) is 13.3. The third-order valence-corrected chi connectivity index (χ3v) is 7.45. The van der Waals surface area contributed by atoms with E-state index < -0.39 is 0 Å². The Morgan fingerprint density at radius 2 is 1.39 bits per heavy atom. The quantitative estimate of drug-likeness (QED) is 0.354. The molecule has 0 radical (unpaired) electrons. The van der Waals surface area contributed by atoms with E-state index in [1.807, 2.05) is 22.7 Å². The predicted molar refractivity (Wildman–Crippen MR) is 112 cm³/mol. The van der Waals surface area contributed by atoms with Gasteiger partial charge in [-0.25, -0.2) is 0 Å². The fraction of sp³-hybridized carbons (Fsp3) is 0.158. The highest BCUT2D eigenvalue weighted by Crippen LogP contribution is 2.36. The first-order valence-corrected chi connectivity index (χ1v) is 10.2. The minimum Gasteiger partial charge on any atom is -0.142 e. The molecule has 0 nitrogen and oxygen atoms in total. The molecule has 4 heteroatoms. The summed E-state index contributed by atoms with van der Waals surface area (Å²) in [4.78, 5) is 8.88. The first kappa shape index (κ1) is 16.8. The van der Waals surface area contributed by atoms with E-state index in [1.54, 1.807) is 11.3 Å². The summed E-state index contributed by atoms with van der Waals surface area (Å²) < 4.78 is 0. The van der Waals surface area contributed by atoms with Crippen molar-refractivity contribution in [1.82, 2.24) is 0 Å². The van der Waals surface area contributed by atoms with Gasteiger partial charge in [-0.3, -0.25) is 0 Å². The third-order valence-electron chi connectivity index (χ3n) is 3.46. The lowest BCUT2D eigenvalue weighted by Crippen LogP contribution is -1.71. The number of aryl methyl sites for hydroxylation is 2. The van der Waals surface area contributed by atoms with E-state index in [0.717, 1.165) is 4.91 Å². The molecule has 118 valence electrons. The molecule has 0 aliphatic carbocycles. The van der Waals surface area contributed by atoms with Crippen molar-refractivity contribution in [3.05, 3.63) is 68.1 Å². The van der Waals surface area contributed by atoms with E-state index in [-0.39, 0.29) is 0 Å². The Kier molecular flexibility index (Phi) is 5.27. The highest BCUT2D eigenvalue weighted by molar-refractivity contribution is 7.90. The first-order chi connectivity index (χ1) is 11.0. The predicted octanol–water partition coefficient (Wildman–Crippen LogP) is 7.53. The van der Waals surface area contributed by atoms with Crippen molar-refractivity contribution in [2.24, 2.45) is 0 Å². The Morgan fingerprint density at radius 1 is 0.783 bits per heavy atom. The van der Waals surface area contributed by atoms with Crippen molar-refractivity contribution in [2.75, 3.05) is 0 Å². The molecule has 3 aromatic heterocycles. The molecule has 0 saturated carbocycles. The average molecular weight is 375 g/mol. The van der Waals surface area contributed by atoms with Crippen molar-refractivity contribution in [3.8, 4) is 9.75 Å². The van der Waals surface area contributed by atoms with E-state index in [9.17, 15) is 0 Å². The van der Waals surface area contributed by atoms with E-state index in [1.165, 1.54) is 34.8 Å². The molecule has 0 bridgehead atoms. The zero-order chi connectivity index (χ0) is 16.4. The van der Waals surface area contributed by atoms with Crippen LogP contribution in [0.5, 0.6) is 0 Å². The molecule has 0 spiro atoms. The summed E-state index contributed by atoms with van der Waals surface area (Å²) in [6, 6.07) is 13.1. The van der Waals surface area contributed by atoms with Gasteiger partial charge in [-0.05, 0) is 68.8 Å². The summed E-state index contributed by atoms with van der Waals surface area (Å²) in [6.45, 7) is 6.43. The fourth-order valence-corrected chi connectivity index (χ4v) is 5.21. The van der Waals surface area contributed by atoms with Crippen LogP contribution >= 0.6 is 46.6 Å². The molecule has 3 heterocycles. The molecule has 3 rings (SSSR count). The molecular weight excluding hydrogens is 356 g/mol. The van der Waals surface area contributed by atoms with Crippen molar-refractivity contribution in [1.29, 1.82) is 0 Å². The Bertz CT molecular complexity index is 871. The number of thiol groups is 1. The largest absolute Gasteiger partial charge is 0.142 e. The molecule has 0 unspecified atom stereocenters. The van der Waals surface area contributed by atoms with Crippen molar-refractivity contribution in [3.63, 3.8) is 0 Å². The second-order valence-corrected chi connectivity index (χ2v) is 9.53. The van der Waals surface area contributed by atoms with Crippen LogP contribution in [-0.2, 0) is 0 Å². The Labute approximate surface area is 155 Å². The van der Waals surface area contributed by atoms with Crippen LogP contribution in [0.25, 0.3) is 20.2 Å². The SMILES string of the molecule is C/C(=C\C=C(/S)c1ccc(-c2ccc(C)s2)s1)c1ccc(C)s1. The van der Waals surface area contributed by atoms with Crippen molar-refractivity contribution >= 4 is 57.1 Å². The minimum absolute atomic E-state index is 1.02. The van der Waals surface area contributed by atoms with E-state index in [0.29, 0.717) is 0 Å².